The minimum atomic E-state index is -4.49. The van der Waals surface area contributed by atoms with Crippen LogP contribution in [0.15, 0.2) is 54.6 Å². The molecule has 3 aliphatic rings. The van der Waals surface area contributed by atoms with Gasteiger partial charge in [-0.3, -0.25) is 9.59 Å². The van der Waals surface area contributed by atoms with Crippen molar-refractivity contribution in [3.8, 4) is 11.1 Å². The summed E-state index contributed by atoms with van der Waals surface area (Å²) in [7, 11) is 0. The van der Waals surface area contributed by atoms with Crippen molar-refractivity contribution in [2.75, 3.05) is 0 Å². The molecule has 4 aromatic rings. The Balaban J connectivity index is 1.39. The van der Waals surface area contributed by atoms with Crippen LogP contribution >= 0.6 is 0 Å². The maximum atomic E-state index is 14.6. The third-order valence-corrected chi connectivity index (χ3v) is 7.57. The minimum Gasteiger partial charge on any atom is -0.481 e. The number of carbonyl (C=O) groups is 2. The van der Waals surface area contributed by atoms with Crippen LogP contribution in [0.5, 0.6) is 0 Å². The van der Waals surface area contributed by atoms with Gasteiger partial charge in [-0.05, 0) is 66.8 Å². The van der Waals surface area contributed by atoms with Crippen LogP contribution in [0.3, 0.4) is 0 Å². The number of aliphatic carboxylic acids is 1. The van der Waals surface area contributed by atoms with Gasteiger partial charge in [0.25, 0.3) is 5.91 Å². The molecule has 2 N–H and O–H groups in total. The Labute approximate surface area is 217 Å². The normalized spacial score (nSPS) is 21.8. The summed E-state index contributed by atoms with van der Waals surface area (Å²) in [6.07, 6.45) is -3.62. The molecule has 3 aromatic carbocycles. The van der Waals surface area contributed by atoms with E-state index in [9.17, 15) is 36.6 Å². The van der Waals surface area contributed by atoms with Crippen LogP contribution in [0.1, 0.15) is 40.7 Å². The van der Waals surface area contributed by atoms with Crippen LogP contribution < -0.4 is 5.32 Å². The Morgan fingerprint density at radius 1 is 1.00 bits per heavy atom. The molecule has 0 unspecified atom stereocenters. The first kappa shape index (κ1) is 25.0. The second-order valence-electron chi connectivity index (χ2n) is 10.3. The van der Waals surface area contributed by atoms with Crippen molar-refractivity contribution < 1.29 is 36.6 Å². The van der Waals surface area contributed by atoms with Gasteiger partial charge in [-0.25, -0.2) is 13.5 Å². The topological polar surface area (TPSA) is 97.1 Å². The fraction of sp³-hybridized carbons (Fsp3) is 0.259. The lowest BCUT2D eigenvalue weighted by atomic mass is 9.39. The van der Waals surface area contributed by atoms with Gasteiger partial charge in [0.15, 0.2) is 0 Å². The van der Waals surface area contributed by atoms with E-state index in [4.69, 9.17) is 0 Å². The van der Waals surface area contributed by atoms with Crippen LogP contribution in [0.4, 0.5) is 22.0 Å². The highest BCUT2D eigenvalue weighted by Crippen LogP contribution is 2.67. The highest BCUT2D eigenvalue weighted by molar-refractivity contribution is 6.07. The van der Waals surface area contributed by atoms with Crippen LogP contribution in [-0.4, -0.2) is 37.5 Å². The number of carboxylic acids is 1. The number of benzene rings is 3. The molecule has 0 radical (unpaired) electrons. The van der Waals surface area contributed by atoms with Gasteiger partial charge in [0.2, 0.25) is 0 Å². The summed E-state index contributed by atoms with van der Waals surface area (Å²) in [5.41, 5.74) is -1.01. The number of rotatable bonds is 6. The molecule has 1 aromatic heterocycles. The average Bonchev–Trinajstić information content (AvgIpc) is 3.21. The maximum Gasteiger partial charge on any atom is 0.416 e. The minimum absolute atomic E-state index is 0.00750. The van der Waals surface area contributed by atoms with Gasteiger partial charge in [-0.2, -0.15) is 13.2 Å². The number of amides is 1. The largest absolute Gasteiger partial charge is 0.481 e. The highest BCUT2D eigenvalue weighted by atomic mass is 19.4. The summed E-state index contributed by atoms with van der Waals surface area (Å²) in [5, 5.41) is 20.5. The summed E-state index contributed by atoms with van der Waals surface area (Å²) >= 11 is 0. The smallest absolute Gasteiger partial charge is 0.416 e. The first-order chi connectivity index (χ1) is 18.4. The summed E-state index contributed by atoms with van der Waals surface area (Å²) in [6.45, 7) is -0.00750. The van der Waals surface area contributed by atoms with Crippen molar-refractivity contribution in [1.29, 1.82) is 0 Å². The molecule has 200 valence electrons. The molecule has 0 aliphatic heterocycles. The number of halogens is 5. The lowest BCUT2D eigenvalue weighted by Gasteiger charge is -2.67. The molecule has 7 nitrogen and oxygen atoms in total. The van der Waals surface area contributed by atoms with Crippen LogP contribution in [0, 0.1) is 17.0 Å². The van der Waals surface area contributed by atoms with Crippen molar-refractivity contribution in [2.24, 2.45) is 5.41 Å². The van der Waals surface area contributed by atoms with Gasteiger partial charge in [0.05, 0.1) is 23.1 Å². The van der Waals surface area contributed by atoms with E-state index in [-0.39, 0.29) is 34.3 Å². The van der Waals surface area contributed by atoms with E-state index in [1.54, 1.807) is 0 Å². The lowest BCUT2D eigenvalue weighted by molar-refractivity contribution is -0.196. The number of fused-ring (bicyclic) bond motifs is 1. The van der Waals surface area contributed by atoms with Crippen molar-refractivity contribution in [2.45, 2.75) is 37.5 Å². The summed E-state index contributed by atoms with van der Waals surface area (Å²) in [4.78, 5) is 25.0. The molecule has 7 rings (SSSR count). The van der Waals surface area contributed by atoms with E-state index < -0.39 is 46.2 Å². The SMILES string of the molecule is O=C(NC12CC(C(=O)O)(C1)C2)c1cc(-c2ccc(F)cc2F)cc2nnn(Cc3ccc(C(F)(F)F)cc3)c12. The molecule has 2 bridgehead atoms. The molecule has 1 heterocycles. The summed E-state index contributed by atoms with van der Waals surface area (Å²) in [5.74, 6) is -3.08. The van der Waals surface area contributed by atoms with Crippen LogP contribution in [-0.2, 0) is 17.5 Å². The van der Waals surface area contributed by atoms with E-state index >= 15 is 0 Å². The van der Waals surface area contributed by atoms with Crippen molar-refractivity contribution in [3.05, 3.63) is 82.9 Å². The summed E-state index contributed by atoms with van der Waals surface area (Å²) in [6, 6.07) is 10.4. The van der Waals surface area contributed by atoms with Gasteiger partial charge >= 0.3 is 12.1 Å². The number of nitrogens with zero attached hydrogens (tertiary/aromatic N) is 3. The quantitative estimate of drug-likeness (QED) is 0.328. The monoisotopic (exact) mass is 542 g/mol. The Morgan fingerprint density at radius 2 is 1.69 bits per heavy atom. The first-order valence-electron chi connectivity index (χ1n) is 11.9. The number of aromatic nitrogens is 3. The second kappa shape index (κ2) is 8.32. The Hall–Kier alpha value is -4.35. The predicted molar refractivity (Wildman–Crippen MR) is 128 cm³/mol. The van der Waals surface area contributed by atoms with E-state index in [1.165, 1.54) is 35.0 Å². The third kappa shape index (κ3) is 4.10. The predicted octanol–water partition coefficient (Wildman–Crippen LogP) is 5.18. The fourth-order valence-corrected chi connectivity index (χ4v) is 5.70. The molecular formula is C27H19F5N4O3. The van der Waals surface area contributed by atoms with Crippen LogP contribution in [0.2, 0.25) is 0 Å². The average molecular weight is 542 g/mol. The van der Waals surface area contributed by atoms with Gasteiger partial charge in [-0.15, -0.1) is 5.10 Å². The zero-order valence-electron chi connectivity index (χ0n) is 20.0. The number of nitrogens with one attached hydrogen (secondary N) is 1. The first-order valence-corrected chi connectivity index (χ1v) is 11.9. The molecule has 12 heteroatoms. The molecule has 39 heavy (non-hydrogen) atoms. The molecule has 3 saturated carbocycles. The molecule has 3 aliphatic carbocycles. The second-order valence-corrected chi connectivity index (χ2v) is 10.3. The number of alkyl halides is 3. The molecule has 0 atom stereocenters. The van der Waals surface area contributed by atoms with Crippen molar-refractivity contribution in [1.82, 2.24) is 20.3 Å². The Morgan fingerprint density at radius 3 is 2.31 bits per heavy atom. The molecule has 0 spiro atoms. The zero-order valence-corrected chi connectivity index (χ0v) is 20.0. The van der Waals surface area contributed by atoms with Gasteiger partial charge in [0, 0.05) is 17.2 Å². The van der Waals surface area contributed by atoms with Gasteiger partial charge in [0.1, 0.15) is 22.7 Å². The Kier molecular flexibility index (Phi) is 5.33. The van der Waals surface area contributed by atoms with E-state index in [0.717, 1.165) is 18.2 Å². The van der Waals surface area contributed by atoms with Crippen LogP contribution in [0.25, 0.3) is 22.2 Å². The lowest BCUT2D eigenvalue weighted by Crippen LogP contribution is -2.77. The van der Waals surface area contributed by atoms with E-state index in [1.807, 2.05) is 0 Å². The fourth-order valence-electron chi connectivity index (χ4n) is 5.70. The number of carbonyl (C=O) groups excluding carboxylic acids is 1. The number of hydrogen-bond acceptors (Lipinski definition) is 4. The van der Waals surface area contributed by atoms with Crippen molar-refractivity contribution >= 4 is 22.9 Å². The standard InChI is InChI=1S/C27H19F5N4O3/c28-17-5-6-18(20(29)9-17)15-7-19(23(37)33-26-11-25(12-26,13-26)24(38)39)22-21(8-15)34-35-36(22)10-14-1-3-16(4-2-14)27(30,31)32/h1-9H,10-13H2,(H,33,37)(H,38,39). The van der Waals surface area contributed by atoms with Gasteiger partial charge < -0.3 is 10.4 Å². The van der Waals surface area contributed by atoms with Crippen molar-refractivity contribution in [3.63, 3.8) is 0 Å². The molecule has 3 fully saturated rings. The molecule has 1 amide bonds. The zero-order chi connectivity index (χ0) is 27.7. The molecular weight excluding hydrogens is 523 g/mol. The van der Waals surface area contributed by atoms with Gasteiger partial charge in [-0.1, -0.05) is 17.3 Å². The summed E-state index contributed by atoms with van der Waals surface area (Å²) < 4.78 is 68.4. The maximum absolute atomic E-state index is 14.6. The number of hydrogen-bond donors (Lipinski definition) is 2. The highest BCUT2D eigenvalue weighted by Gasteiger charge is 2.72. The third-order valence-electron chi connectivity index (χ3n) is 7.57. The number of carboxylic acid groups (broad SMARTS) is 1. The van der Waals surface area contributed by atoms with E-state index in [0.29, 0.717) is 30.9 Å². The van der Waals surface area contributed by atoms with E-state index in [2.05, 4.69) is 15.6 Å². The Bertz CT molecular complexity index is 1640. The molecule has 0 saturated heterocycles.